The van der Waals surface area contributed by atoms with Crippen LogP contribution in [0.5, 0.6) is 0 Å². The summed E-state index contributed by atoms with van der Waals surface area (Å²) in [5.74, 6) is 0. The van der Waals surface area contributed by atoms with E-state index in [1.807, 2.05) is 13.0 Å². The Morgan fingerprint density at radius 1 is 0.889 bits per heavy atom. The largest absolute Gasteiger partial charge is 0.0955 e. The van der Waals surface area contributed by atoms with E-state index >= 15 is 0 Å². The maximum Gasteiger partial charge on any atom is -0.0152 e. The van der Waals surface area contributed by atoms with E-state index in [0.717, 1.165) is 11.1 Å². The lowest BCUT2D eigenvalue weighted by Crippen LogP contribution is -1.90. The number of aryl methyl sites for hydroxylation is 1. The number of hydrogen-bond acceptors (Lipinski definition) is 0. The van der Waals surface area contributed by atoms with Crippen molar-refractivity contribution >= 4 is 5.57 Å². The third-order valence-electron chi connectivity index (χ3n) is 3.18. The molecule has 2 aromatic rings. The summed E-state index contributed by atoms with van der Waals surface area (Å²) in [6.07, 6.45) is 0. The van der Waals surface area contributed by atoms with Crippen molar-refractivity contribution in [3.63, 3.8) is 0 Å². The van der Waals surface area contributed by atoms with Crippen molar-refractivity contribution in [2.75, 3.05) is 0 Å². The summed E-state index contributed by atoms with van der Waals surface area (Å²) in [4.78, 5) is 0. The third kappa shape index (κ3) is 2.43. The Hall–Kier alpha value is -2.08. The SMILES string of the molecule is C=C(C)C(=C)c1cc(-c2ccccc2)ccc1C. The van der Waals surface area contributed by atoms with Crippen LogP contribution in [-0.4, -0.2) is 0 Å². The molecule has 0 amide bonds. The van der Waals surface area contributed by atoms with E-state index in [-0.39, 0.29) is 0 Å². The van der Waals surface area contributed by atoms with Crippen LogP contribution in [0.2, 0.25) is 0 Å². The van der Waals surface area contributed by atoms with Gasteiger partial charge in [0.25, 0.3) is 0 Å². The molecule has 2 rings (SSSR count). The Morgan fingerprint density at radius 2 is 1.56 bits per heavy atom. The molecule has 0 aliphatic rings. The van der Waals surface area contributed by atoms with Gasteiger partial charge in [0, 0.05) is 0 Å². The second kappa shape index (κ2) is 5.05. The van der Waals surface area contributed by atoms with Gasteiger partial charge in [-0.2, -0.15) is 0 Å². The van der Waals surface area contributed by atoms with E-state index < -0.39 is 0 Å². The fraction of sp³-hybridized carbons (Fsp3) is 0.111. The second-order valence-electron chi connectivity index (χ2n) is 4.65. The van der Waals surface area contributed by atoms with Gasteiger partial charge in [0.15, 0.2) is 0 Å². The first kappa shape index (κ1) is 12.4. The summed E-state index contributed by atoms with van der Waals surface area (Å²) < 4.78 is 0. The number of benzene rings is 2. The van der Waals surface area contributed by atoms with Crippen molar-refractivity contribution in [1.82, 2.24) is 0 Å². The Labute approximate surface area is 109 Å². The molecule has 0 nitrogen and oxygen atoms in total. The summed E-state index contributed by atoms with van der Waals surface area (Å²) in [5, 5.41) is 0. The van der Waals surface area contributed by atoms with Gasteiger partial charge in [0.05, 0.1) is 0 Å². The van der Waals surface area contributed by atoms with Crippen LogP contribution >= 0.6 is 0 Å². The van der Waals surface area contributed by atoms with Gasteiger partial charge >= 0.3 is 0 Å². The average molecular weight is 234 g/mol. The molecule has 18 heavy (non-hydrogen) atoms. The Kier molecular flexibility index (Phi) is 3.47. The van der Waals surface area contributed by atoms with Gasteiger partial charge in [-0.3, -0.25) is 0 Å². The molecule has 90 valence electrons. The lowest BCUT2D eigenvalue weighted by atomic mass is 9.93. The van der Waals surface area contributed by atoms with Crippen LogP contribution in [0.1, 0.15) is 18.1 Å². The first-order chi connectivity index (χ1) is 8.59. The van der Waals surface area contributed by atoms with Gasteiger partial charge in [-0.05, 0) is 47.7 Å². The van der Waals surface area contributed by atoms with Crippen LogP contribution in [0.4, 0.5) is 0 Å². The zero-order valence-electron chi connectivity index (χ0n) is 11.0. The molecule has 0 spiro atoms. The van der Waals surface area contributed by atoms with Crippen LogP contribution in [0.25, 0.3) is 16.7 Å². The summed E-state index contributed by atoms with van der Waals surface area (Å²) in [7, 11) is 0. The number of hydrogen-bond donors (Lipinski definition) is 0. The molecule has 0 N–H and O–H groups in total. The average Bonchev–Trinajstić information content (AvgIpc) is 2.39. The lowest BCUT2D eigenvalue weighted by molar-refractivity contribution is 1.40. The standard InChI is InChI=1S/C18H18/c1-13(2)15(4)18-12-17(11-10-14(18)3)16-8-6-5-7-9-16/h5-12H,1,4H2,2-3H3. The third-order valence-corrected chi connectivity index (χ3v) is 3.18. The summed E-state index contributed by atoms with van der Waals surface area (Å²) in [5.41, 5.74) is 6.91. The molecule has 0 aliphatic carbocycles. The van der Waals surface area contributed by atoms with E-state index in [0.29, 0.717) is 0 Å². The highest BCUT2D eigenvalue weighted by atomic mass is 14.1. The van der Waals surface area contributed by atoms with Gasteiger partial charge in [0.2, 0.25) is 0 Å². The van der Waals surface area contributed by atoms with Gasteiger partial charge in [0.1, 0.15) is 0 Å². The molecular weight excluding hydrogens is 216 g/mol. The molecule has 0 aromatic heterocycles. The topological polar surface area (TPSA) is 0 Å². The Morgan fingerprint density at radius 3 is 2.17 bits per heavy atom. The Balaban J connectivity index is 2.51. The molecule has 0 bridgehead atoms. The van der Waals surface area contributed by atoms with Crippen molar-refractivity contribution in [3.05, 3.63) is 78.4 Å². The Bertz CT molecular complexity index is 589. The van der Waals surface area contributed by atoms with Gasteiger partial charge < -0.3 is 0 Å². The highest BCUT2D eigenvalue weighted by Crippen LogP contribution is 2.28. The monoisotopic (exact) mass is 234 g/mol. The molecule has 0 saturated carbocycles. The van der Waals surface area contributed by atoms with Crippen LogP contribution in [0.3, 0.4) is 0 Å². The zero-order chi connectivity index (χ0) is 13.1. The molecule has 0 fully saturated rings. The summed E-state index contributed by atoms with van der Waals surface area (Å²) in [6, 6.07) is 16.9. The van der Waals surface area contributed by atoms with Crippen LogP contribution < -0.4 is 0 Å². The van der Waals surface area contributed by atoms with Crippen LogP contribution in [0.15, 0.2) is 67.3 Å². The summed E-state index contributed by atoms with van der Waals surface area (Å²) >= 11 is 0. The molecule has 0 atom stereocenters. The second-order valence-corrected chi connectivity index (χ2v) is 4.65. The van der Waals surface area contributed by atoms with Crippen molar-refractivity contribution in [1.29, 1.82) is 0 Å². The van der Waals surface area contributed by atoms with E-state index in [4.69, 9.17) is 0 Å². The minimum atomic E-state index is 1.02. The van der Waals surface area contributed by atoms with Crippen molar-refractivity contribution in [2.45, 2.75) is 13.8 Å². The predicted molar refractivity (Wildman–Crippen MR) is 80.5 cm³/mol. The first-order valence-electron chi connectivity index (χ1n) is 6.11. The molecule has 0 radical (unpaired) electrons. The molecule has 0 heteroatoms. The zero-order valence-corrected chi connectivity index (χ0v) is 11.0. The highest BCUT2D eigenvalue weighted by molar-refractivity contribution is 5.80. The first-order valence-corrected chi connectivity index (χ1v) is 6.11. The molecule has 0 saturated heterocycles. The highest BCUT2D eigenvalue weighted by Gasteiger charge is 2.06. The molecule has 2 aromatic carbocycles. The van der Waals surface area contributed by atoms with E-state index in [1.54, 1.807) is 0 Å². The quantitative estimate of drug-likeness (QED) is 0.636. The summed E-state index contributed by atoms with van der Waals surface area (Å²) in [6.45, 7) is 12.2. The van der Waals surface area contributed by atoms with Gasteiger partial charge in [-0.25, -0.2) is 0 Å². The molecular formula is C18H18. The van der Waals surface area contributed by atoms with Crippen molar-refractivity contribution < 1.29 is 0 Å². The minimum Gasteiger partial charge on any atom is -0.0955 e. The van der Waals surface area contributed by atoms with E-state index in [2.05, 4.69) is 62.5 Å². The minimum absolute atomic E-state index is 1.02. The molecule has 0 aliphatic heterocycles. The van der Waals surface area contributed by atoms with Crippen LogP contribution in [0, 0.1) is 6.92 Å². The number of allylic oxidation sites excluding steroid dienone is 2. The van der Waals surface area contributed by atoms with Crippen molar-refractivity contribution in [2.24, 2.45) is 0 Å². The van der Waals surface area contributed by atoms with E-state index in [9.17, 15) is 0 Å². The normalized spacial score (nSPS) is 10.1. The van der Waals surface area contributed by atoms with Crippen molar-refractivity contribution in [3.8, 4) is 11.1 Å². The maximum absolute atomic E-state index is 4.12. The molecule has 0 heterocycles. The molecule has 0 unspecified atom stereocenters. The van der Waals surface area contributed by atoms with E-state index in [1.165, 1.54) is 22.3 Å². The number of rotatable bonds is 3. The van der Waals surface area contributed by atoms with Gasteiger partial charge in [-0.1, -0.05) is 61.2 Å². The van der Waals surface area contributed by atoms with Crippen LogP contribution in [-0.2, 0) is 0 Å². The van der Waals surface area contributed by atoms with Gasteiger partial charge in [-0.15, -0.1) is 0 Å². The maximum atomic E-state index is 4.12. The lowest BCUT2D eigenvalue weighted by Gasteiger charge is -2.11. The predicted octanol–water partition coefficient (Wildman–Crippen LogP) is 5.25. The fourth-order valence-electron chi connectivity index (χ4n) is 1.99. The fourth-order valence-corrected chi connectivity index (χ4v) is 1.99. The smallest absolute Gasteiger partial charge is 0.0152 e.